The molecule has 0 unspecified atom stereocenters. The van der Waals surface area contributed by atoms with Crippen LogP contribution in [0.1, 0.15) is 13.8 Å². The maximum absolute atomic E-state index is 9.79. The van der Waals surface area contributed by atoms with Gasteiger partial charge in [0.25, 0.3) is 0 Å². The van der Waals surface area contributed by atoms with Crippen LogP contribution >= 0.6 is 0 Å². The van der Waals surface area contributed by atoms with E-state index in [1.165, 1.54) is 6.20 Å². The van der Waals surface area contributed by atoms with E-state index in [2.05, 4.69) is 0 Å². The number of hydrogen-bond donors (Lipinski definition) is 1. The molecule has 1 N–H and O–H groups in total. The van der Waals surface area contributed by atoms with E-state index in [4.69, 9.17) is 5.11 Å². The minimum Gasteiger partial charge on any atom is -0.478 e. The summed E-state index contributed by atoms with van der Waals surface area (Å²) in [6.07, 6.45) is 2.56. The Morgan fingerprint density at radius 2 is 1.80 bits per heavy atom. The van der Waals surface area contributed by atoms with E-state index in [1.54, 1.807) is 19.0 Å². The van der Waals surface area contributed by atoms with Gasteiger partial charge in [0.1, 0.15) is 0 Å². The summed E-state index contributed by atoms with van der Waals surface area (Å²) < 4.78 is 0. The van der Waals surface area contributed by atoms with Gasteiger partial charge in [0, 0.05) is 26.4 Å². The summed E-state index contributed by atoms with van der Waals surface area (Å²) in [4.78, 5) is 11.5. The quantitative estimate of drug-likeness (QED) is 0.593. The fourth-order valence-electron chi connectivity index (χ4n) is 0.213. The zero-order valence-corrected chi connectivity index (χ0v) is 6.96. The molecule has 0 spiro atoms. The summed E-state index contributed by atoms with van der Waals surface area (Å²) in [5.74, 6) is -0.918. The van der Waals surface area contributed by atoms with Gasteiger partial charge in [-0.1, -0.05) is 13.8 Å². The molecule has 60 valence electrons. The molecule has 3 nitrogen and oxygen atoms in total. The van der Waals surface area contributed by atoms with Crippen molar-refractivity contribution in [2.75, 3.05) is 14.1 Å². The molecule has 0 fully saturated rings. The summed E-state index contributed by atoms with van der Waals surface area (Å²) in [6.45, 7) is 4.00. The minimum atomic E-state index is -0.918. The topological polar surface area (TPSA) is 40.5 Å². The van der Waals surface area contributed by atoms with Gasteiger partial charge in [-0.15, -0.1) is 0 Å². The largest absolute Gasteiger partial charge is 0.478 e. The number of hydrogen-bond acceptors (Lipinski definition) is 2. The number of carbonyl (C=O) groups is 1. The van der Waals surface area contributed by atoms with Crippen molar-refractivity contribution in [2.24, 2.45) is 0 Å². The van der Waals surface area contributed by atoms with Crippen molar-refractivity contribution in [1.29, 1.82) is 0 Å². The normalized spacial score (nSPS) is 8.40. The number of carboxylic acids is 1. The molecule has 0 bridgehead atoms. The lowest BCUT2D eigenvalue weighted by Gasteiger charge is -2.00. The first-order chi connectivity index (χ1) is 4.63. The van der Waals surface area contributed by atoms with Gasteiger partial charge in [-0.25, -0.2) is 4.79 Å². The Hall–Kier alpha value is -0.990. The Morgan fingerprint density at radius 1 is 1.40 bits per heavy atom. The lowest BCUT2D eigenvalue weighted by atomic mass is 10.6. The summed E-state index contributed by atoms with van der Waals surface area (Å²) in [5, 5.41) is 8.05. The number of rotatable bonds is 2. The van der Waals surface area contributed by atoms with Gasteiger partial charge in [0.15, 0.2) is 0 Å². The van der Waals surface area contributed by atoms with Crippen molar-refractivity contribution in [2.45, 2.75) is 13.8 Å². The lowest BCUT2D eigenvalue weighted by molar-refractivity contribution is -0.131. The predicted molar refractivity (Wildman–Crippen MR) is 41.8 cm³/mol. The van der Waals surface area contributed by atoms with Crippen LogP contribution in [0.3, 0.4) is 0 Å². The molecule has 0 amide bonds. The van der Waals surface area contributed by atoms with Gasteiger partial charge >= 0.3 is 5.97 Å². The molecule has 0 saturated carbocycles. The van der Waals surface area contributed by atoms with Gasteiger partial charge < -0.3 is 10.0 Å². The van der Waals surface area contributed by atoms with E-state index < -0.39 is 5.97 Å². The summed E-state index contributed by atoms with van der Waals surface area (Å²) in [6, 6.07) is 0. The standard InChI is InChI=1S/C5H9NO2.C2H6/c1-6(2)4-3-5(7)8;1-2/h3-4H,1-2H3,(H,7,8);1-2H3/b4-3+;. The van der Waals surface area contributed by atoms with Crippen LogP contribution in [0.15, 0.2) is 12.3 Å². The molecule has 0 heterocycles. The molecule has 0 aliphatic rings. The Kier molecular flexibility index (Phi) is 9.42. The first-order valence-corrected chi connectivity index (χ1v) is 3.20. The molecule has 0 aromatic rings. The van der Waals surface area contributed by atoms with Crippen LogP contribution in [0, 0.1) is 0 Å². The molecule has 10 heavy (non-hydrogen) atoms. The van der Waals surface area contributed by atoms with E-state index in [0.717, 1.165) is 6.08 Å². The average Bonchev–Trinajstić information content (AvgIpc) is 1.89. The van der Waals surface area contributed by atoms with Crippen LogP contribution in [0.4, 0.5) is 0 Å². The first-order valence-electron chi connectivity index (χ1n) is 3.20. The van der Waals surface area contributed by atoms with Crippen molar-refractivity contribution in [3.05, 3.63) is 12.3 Å². The van der Waals surface area contributed by atoms with Gasteiger partial charge in [-0.2, -0.15) is 0 Å². The highest BCUT2D eigenvalue weighted by Crippen LogP contribution is 1.75. The second-order valence-electron chi connectivity index (χ2n) is 1.62. The van der Waals surface area contributed by atoms with Crippen molar-refractivity contribution >= 4 is 5.97 Å². The Morgan fingerprint density at radius 3 is 1.90 bits per heavy atom. The summed E-state index contributed by atoms with van der Waals surface area (Å²) >= 11 is 0. The third-order valence-electron chi connectivity index (χ3n) is 0.515. The number of nitrogens with zero attached hydrogens (tertiary/aromatic N) is 1. The highest BCUT2D eigenvalue weighted by atomic mass is 16.4. The fourth-order valence-corrected chi connectivity index (χ4v) is 0.213. The monoisotopic (exact) mass is 145 g/mol. The average molecular weight is 145 g/mol. The predicted octanol–water partition coefficient (Wildman–Crippen LogP) is 1.17. The zero-order valence-electron chi connectivity index (χ0n) is 6.96. The fraction of sp³-hybridized carbons (Fsp3) is 0.571. The molecule has 0 aliphatic heterocycles. The van der Waals surface area contributed by atoms with Gasteiger partial charge in [-0.3, -0.25) is 0 Å². The number of carboxylic acid groups (broad SMARTS) is 1. The van der Waals surface area contributed by atoms with Gasteiger partial charge in [0.2, 0.25) is 0 Å². The van der Waals surface area contributed by atoms with Crippen LogP contribution in [0.5, 0.6) is 0 Å². The second-order valence-corrected chi connectivity index (χ2v) is 1.62. The van der Waals surface area contributed by atoms with Crippen LogP contribution < -0.4 is 0 Å². The lowest BCUT2D eigenvalue weighted by Crippen LogP contribution is -2.01. The van der Waals surface area contributed by atoms with Crippen molar-refractivity contribution in [3.63, 3.8) is 0 Å². The third-order valence-corrected chi connectivity index (χ3v) is 0.515. The SMILES string of the molecule is CC.CN(C)/C=C/C(=O)O. The Balaban J connectivity index is 0. The van der Waals surface area contributed by atoms with E-state index >= 15 is 0 Å². The second kappa shape index (κ2) is 8.01. The van der Waals surface area contributed by atoms with E-state index in [1.807, 2.05) is 13.8 Å². The molecular weight excluding hydrogens is 130 g/mol. The highest BCUT2D eigenvalue weighted by molar-refractivity contribution is 5.79. The molecule has 0 aliphatic carbocycles. The van der Waals surface area contributed by atoms with E-state index in [0.29, 0.717) is 0 Å². The molecule has 3 heteroatoms. The molecule has 0 saturated heterocycles. The maximum Gasteiger partial charge on any atom is 0.329 e. The summed E-state index contributed by atoms with van der Waals surface area (Å²) in [7, 11) is 3.53. The van der Waals surface area contributed by atoms with Crippen LogP contribution in [-0.4, -0.2) is 30.1 Å². The van der Waals surface area contributed by atoms with Crippen LogP contribution in [-0.2, 0) is 4.79 Å². The zero-order chi connectivity index (χ0) is 8.57. The van der Waals surface area contributed by atoms with Crippen molar-refractivity contribution in [3.8, 4) is 0 Å². The van der Waals surface area contributed by atoms with Crippen molar-refractivity contribution in [1.82, 2.24) is 4.90 Å². The first kappa shape index (κ1) is 11.8. The molecule has 0 aromatic heterocycles. The molecule has 0 rings (SSSR count). The van der Waals surface area contributed by atoms with E-state index in [9.17, 15) is 4.79 Å². The molecule has 0 aromatic carbocycles. The Labute approximate surface area is 62.0 Å². The smallest absolute Gasteiger partial charge is 0.329 e. The van der Waals surface area contributed by atoms with Crippen LogP contribution in [0.25, 0.3) is 0 Å². The number of aliphatic carboxylic acids is 1. The van der Waals surface area contributed by atoms with Gasteiger partial charge in [0.05, 0.1) is 0 Å². The molecular formula is C7H15NO2. The van der Waals surface area contributed by atoms with E-state index in [-0.39, 0.29) is 0 Å². The van der Waals surface area contributed by atoms with Gasteiger partial charge in [-0.05, 0) is 0 Å². The van der Waals surface area contributed by atoms with Crippen molar-refractivity contribution < 1.29 is 9.90 Å². The molecule has 0 atom stereocenters. The minimum absolute atomic E-state index is 0.918. The summed E-state index contributed by atoms with van der Waals surface area (Å²) in [5.41, 5.74) is 0. The third kappa shape index (κ3) is 15.7. The molecule has 0 radical (unpaired) electrons. The Bertz CT molecular complexity index is 108. The van der Waals surface area contributed by atoms with Crippen LogP contribution in [0.2, 0.25) is 0 Å². The highest BCUT2D eigenvalue weighted by Gasteiger charge is 1.82. The maximum atomic E-state index is 9.79.